The van der Waals surface area contributed by atoms with E-state index in [9.17, 15) is 9.59 Å². The Bertz CT molecular complexity index is 492. The highest BCUT2D eigenvalue weighted by Crippen LogP contribution is 2.23. The second kappa shape index (κ2) is 6.50. The van der Waals surface area contributed by atoms with Gasteiger partial charge >= 0.3 is 6.03 Å². The molecule has 0 bridgehead atoms. The summed E-state index contributed by atoms with van der Waals surface area (Å²) in [6.07, 6.45) is 2.61. The second-order valence-electron chi connectivity index (χ2n) is 5.09. The minimum atomic E-state index is -0.275. The largest absolute Gasteiger partial charge is 0.368 e. The van der Waals surface area contributed by atoms with E-state index in [1.807, 2.05) is 5.38 Å². The van der Waals surface area contributed by atoms with E-state index in [-0.39, 0.29) is 24.6 Å². The number of nitrogens with one attached hydrogen (secondary N) is 1. The van der Waals surface area contributed by atoms with Crippen molar-refractivity contribution in [2.24, 2.45) is 0 Å². The van der Waals surface area contributed by atoms with Crippen molar-refractivity contribution in [3.63, 3.8) is 0 Å². The predicted molar refractivity (Wildman–Crippen MR) is 77.0 cm³/mol. The Hall–Kier alpha value is -1.51. The Kier molecular flexibility index (Phi) is 4.47. The van der Waals surface area contributed by atoms with E-state index in [1.165, 1.54) is 4.90 Å². The third-order valence-corrected chi connectivity index (χ3v) is 4.54. The third-order valence-electron chi connectivity index (χ3n) is 3.67. The number of nitrogens with zero attached hydrogens (tertiary/aromatic N) is 3. The van der Waals surface area contributed by atoms with Gasteiger partial charge in [-0.25, -0.2) is 9.78 Å². The van der Waals surface area contributed by atoms with Crippen molar-refractivity contribution in [3.8, 4) is 0 Å². The summed E-state index contributed by atoms with van der Waals surface area (Å²) >= 11 is 1.61. The van der Waals surface area contributed by atoms with Crippen molar-refractivity contribution in [1.82, 2.24) is 20.1 Å². The van der Waals surface area contributed by atoms with Crippen LogP contribution in [0.2, 0.25) is 0 Å². The number of rotatable bonds is 5. The van der Waals surface area contributed by atoms with E-state index in [0.29, 0.717) is 13.2 Å². The van der Waals surface area contributed by atoms with E-state index in [2.05, 4.69) is 15.2 Å². The Morgan fingerprint density at radius 2 is 2.33 bits per heavy atom. The first kappa shape index (κ1) is 14.4. The van der Waals surface area contributed by atoms with Gasteiger partial charge in [-0.1, -0.05) is 0 Å². The molecular formula is C13H18N4O3S. The molecule has 2 aliphatic rings. The number of ether oxygens (including phenoxy) is 1. The number of imide groups is 1. The molecule has 21 heavy (non-hydrogen) atoms. The molecule has 2 saturated heterocycles. The number of hydrogen-bond acceptors (Lipinski definition) is 6. The van der Waals surface area contributed by atoms with Crippen molar-refractivity contribution < 1.29 is 14.3 Å². The van der Waals surface area contributed by atoms with Gasteiger partial charge in [0.05, 0.1) is 13.2 Å². The average Bonchev–Trinajstić information content (AvgIpc) is 3.13. The van der Waals surface area contributed by atoms with Gasteiger partial charge < -0.3 is 10.1 Å². The maximum atomic E-state index is 11.5. The molecule has 1 aromatic heterocycles. The molecule has 0 aliphatic carbocycles. The monoisotopic (exact) mass is 310 g/mol. The molecule has 8 heteroatoms. The maximum absolute atomic E-state index is 11.5. The second-order valence-corrected chi connectivity index (χ2v) is 6.01. The lowest BCUT2D eigenvalue weighted by Crippen LogP contribution is -2.40. The van der Waals surface area contributed by atoms with E-state index < -0.39 is 0 Å². The molecule has 3 heterocycles. The van der Waals surface area contributed by atoms with Gasteiger partial charge in [0.15, 0.2) is 0 Å². The first-order valence-corrected chi connectivity index (χ1v) is 7.93. The molecule has 1 unspecified atom stereocenters. The molecule has 114 valence electrons. The molecule has 2 aliphatic heterocycles. The number of thiazole rings is 1. The first-order valence-electron chi connectivity index (χ1n) is 7.05. The van der Waals surface area contributed by atoms with Crippen molar-refractivity contribution in [3.05, 3.63) is 16.6 Å². The lowest BCUT2D eigenvalue weighted by Gasteiger charge is -2.32. The van der Waals surface area contributed by atoms with Crippen molar-refractivity contribution >= 4 is 23.3 Å². The van der Waals surface area contributed by atoms with Crippen LogP contribution in [0.5, 0.6) is 0 Å². The van der Waals surface area contributed by atoms with Gasteiger partial charge in [0, 0.05) is 37.8 Å². The number of hydrogen-bond donors (Lipinski definition) is 1. The van der Waals surface area contributed by atoms with Crippen molar-refractivity contribution in [2.75, 3.05) is 39.3 Å². The van der Waals surface area contributed by atoms with Crippen LogP contribution in [0.4, 0.5) is 4.79 Å². The summed E-state index contributed by atoms with van der Waals surface area (Å²) in [6.45, 7) is 3.83. The fourth-order valence-corrected chi connectivity index (χ4v) is 3.26. The zero-order valence-electron chi connectivity index (χ0n) is 11.7. The molecule has 1 N–H and O–H groups in total. The number of aromatic nitrogens is 1. The quantitative estimate of drug-likeness (QED) is 0.800. The molecule has 3 amide bonds. The lowest BCUT2D eigenvalue weighted by atomic mass is 10.2. The van der Waals surface area contributed by atoms with Crippen LogP contribution in [0.25, 0.3) is 0 Å². The minimum Gasteiger partial charge on any atom is -0.368 e. The van der Waals surface area contributed by atoms with E-state index in [4.69, 9.17) is 4.74 Å². The summed E-state index contributed by atoms with van der Waals surface area (Å²) in [4.78, 5) is 30.8. The number of carbonyl (C=O) groups excluding carboxylic acids is 2. The number of urea groups is 1. The Balaban J connectivity index is 1.45. The summed E-state index contributed by atoms with van der Waals surface area (Å²) in [5, 5.41) is 5.49. The Morgan fingerprint density at radius 1 is 1.43 bits per heavy atom. The van der Waals surface area contributed by atoms with Gasteiger partial charge in [0.1, 0.15) is 11.1 Å². The van der Waals surface area contributed by atoms with Gasteiger partial charge in [-0.15, -0.1) is 11.3 Å². The average molecular weight is 310 g/mol. The van der Waals surface area contributed by atoms with Crippen LogP contribution in [0.3, 0.4) is 0 Å². The maximum Gasteiger partial charge on any atom is 0.324 e. The topological polar surface area (TPSA) is 74.8 Å². The van der Waals surface area contributed by atoms with Crippen LogP contribution in [0.15, 0.2) is 11.6 Å². The summed E-state index contributed by atoms with van der Waals surface area (Å²) in [7, 11) is 0. The summed E-state index contributed by atoms with van der Waals surface area (Å²) in [5.41, 5.74) is 0. The molecular weight excluding hydrogens is 292 g/mol. The fourth-order valence-electron chi connectivity index (χ4n) is 2.58. The summed E-state index contributed by atoms with van der Waals surface area (Å²) in [6, 6.07) is -0.275. The highest BCUT2D eigenvalue weighted by molar-refractivity contribution is 7.09. The van der Waals surface area contributed by atoms with Crippen LogP contribution >= 0.6 is 11.3 Å². The van der Waals surface area contributed by atoms with Gasteiger partial charge in [-0.3, -0.25) is 14.6 Å². The molecule has 1 aromatic rings. The fraction of sp³-hybridized carbons (Fsp3) is 0.615. The van der Waals surface area contributed by atoms with Crippen LogP contribution in [-0.2, 0) is 9.53 Å². The predicted octanol–water partition coefficient (Wildman–Crippen LogP) is 0.458. The zero-order chi connectivity index (χ0) is 14.7. The van der Waals surface area contributed by atoms with Crippen LogP contribution in [0, 0.1) is 0 Å². The molecule has 3 rings (SSSR count). The molecule has 7 nitrogen and oxygen atoms in total. The van der Waals surface area contributed by atoms with E-state index in [1.54, 1.807) is 17.5 Å². The van der Waals surface area contributed by atoms with Crippen molar-refractivity contribution in [2.45, 2.75) is 12.5 Å². The van der Waals surface area contributed by atoms with Crippen LogP contribution in [0.1, 0.15) is 17.5 Å². The zero-order valence-corrected chi connectivity index (χ0v) is 12.5. The van der Waals surface area contributed by atoms with Crippen LogP contribution < -0.4 is 5.32 Å². The van der Waals surface area contributed by atoms with Crippen LogP contribution in [-0.4, -0.2) is 66.1 Å². The van der Waals surface area contributed by atoms with Crippen molar-refractivity contribution in [1.29, 1.82) is 0 Å². The Morgan fingerprint density at radius 3 is 3.05 bits per heavy atom. The van der Waals surface area contributed by atoms with Gasteiger partial charge in [0.2, 0.25) is 5.91 Å². The smallest absolute Gasteiger partial charge is 0.324 e. The Labute approximate surface area is 126 Å². The third kappa shape index (κ3) is 3.39. The number of carbonyl (C=O) groups is 2. The lowest BCUT2D eigenvalue weighted by molar-refractivity contribution is -0.125. The molecule has 1 atom stereocenters. The van der Waals surface area contributed by atoms with Gasteiger partial charge in [0.25, 0.3) is 0 Å². The molecule has 0 spiro atoms. The summed E-state index contributed by atoms with van der Waals surface area (Å²) < 4.78 is 5.74. The molecule has 0 aromatic carbocycles. The first-order chi connectivity index (χ1) is 10.2. The van der Waals surface area contributed by atoms with Gasteiger partial charge in [-0.2, -0.15) is 0 Å². The summed E-state index contributed by atoms with van der Waals surface area (Å²) in [5.74, 6) is -0.136. The number of morpholine rings is 1. The highest BCUT2D eigenvalue weighted by Gasteiger charge is 2.28. The number of amides is 3. The van der Waals surface area contributed by atoms with E-state index in [0.717, 1.165) is 31.1 Å². The van der Waals surface area contributed by atoms with Gasteiger partial charge in [-0.05, 0) is 6.42 Å². The minimum absolute atomic E-state index is 0.0375. The standard InChI is InChI=1S/C13H18N4O3S/c18-11-8-15-13(19)17(11)4-1-3-16-5-6-20-10(9-16)12-14-2-7-21-12/h2,7,10H,1,3-6,8-9H2,(H,15,19). The highest BCUT2D eigenvalue weighted by atomic mass is 32.1. The SMILES string of the molecule is O=C1CNC(=O)N1CCCN1CCOC(c2nccs2)C1. The van der Waals surface area contributed by atoms with E-state index >= 15 is 0 Å². The molecule has 2 fully saturated rings. The molecule has 0 saturated carbocycles. The normalized spacial score (nSPS) is 23.6. The molecule has 0 radical (unpaired) electrons.